The normalized spacial score (nSPS) is 15.9. The molecule has 0 rings (SSSR count). The third kappa shape index (κ3) is 1.81. The zero-order valence-corrected chi connectivity index (χ0v) is 4.90. The lowest BCUT2D eigenvalue weighted by molar-refractivity contribution is -0.149. The van der Waals surface area contributed by atoms with Crippen molar-refractivity contribution >= 4 is 0 Å². The number of hydrogen-bond acceptors (Lipinski definition) is 2. The maximum atomic E-state index is 11.9. The minimum Gasteiger partial charge on any atom is -0.395 e. The van der Waals surface area contributed by atoms with E-state index < -0.39 is 25.0 Å². The number of rotatable bonds is 3. The molecule has 0 aromatic heterocycles. The van der Waals surface area contributed by atoms with Crippen molar-refractivity contribution in [2.75, 3.05) is 6.61 Å². The van der Waals surface area contributed by atoms with Gasteiger partial charge in [-0.15, -0.1) is 0 Å². The van der Waals surface area contributed by atoms with Crippen LogP contribution in [0.15, 0.2) is 0 Å². The van der Waals surface area contributed by atoms with Crippen LogP contribution in [-0.2, 0) is 0 Å². The molecular weight excluding hydrogens is 154 g/mol. The van der Waals surface area contributed by atoms with E-state index in [1.807, 2.05) is 0 Å². The predicted octanol–water partition coefficient (Wildman–Crippen LogP) is 0.206. The van der Waals surface area contributed by atoms with E-state index in [9.17, 15) is 17.6 Å². The van der Waals surface area contributed by atoms with E-state index in [0.717, 1.165) is 0 Å². The fourth-order valence-corrected chi connectivity index (χ4v) is 0.284. The molecular formula is C4H7F4NO. The molecule has 0 amide bonds. The van der Waals surface area contributed by atoms with Gasteiger partial charge in [0.1, 0.15) is 0 Å². The number of aliphatic hydroxyl groups is 1. The van der Waals surface area contributed by atoms with Gasteiger partial charge in [0.05, 0.1) is 12.6 Å². The minimum atomic E-state index is -4.30. The molecule has 0 heterocycles. The lowest BCUT2D eigenvalue weighted by Crippen LogP contribution is -2.48. The minimum absolute atomic E-state index is 1.16. The lowest BCUT2D eigenvalue weighted by Gasteiger charge is -2.20. The van der Waals surface area contributed by atoms with Gasteiger partial charge in [-0.05, 0) is 0 Å². The average Bonchev–Trinajstić information content (AvgIpc) is 1.86. The number of hydrogen-bond donors (Lipinski definition) is 2. The van der Waals surface area contributed by atoms with Crippen LogP contribution < -0.4 is 5.73 Å². The lowest BCUT2D eigenvalue weighted by atomic mass is 10.2. The smallest absolute Gasteiger partial charge is 0.324 e. The van der Waals surface area contributed by atoms with Crippen molar-refractivity contribution in [2.45, 2.75) is 18.4 Å². The maximum Gasteiger partial charge on any atom is 0.324 e. The Morgan fingerprint density at radius 2 is 1.80 bits per heavy atom. The van der Waals surface area contributed by atoms with Gasteiger partial charge < -0.3 is 10.8 Å². The first-order valence-corrected chi connectivity index (χ1v) is 2.45. The first-order valence-electron chi connectivity index (χ1n) is 2.45. The molecule has 0 saturated carbocycles. The van der Waals surface area contributed by atoms with Gasteiger partial charge in [0.15, 0.2) is 0 Å². The van der Waals surface area contributed by atoms with Crippen molar-refractivity contribution in [3.05, 3.63) is 0 Å². The summed E-state index contributed by atoms with van der Waals surface area (Å²) in [4.78, 5) is 0. The van der Waals surface area contributed by atoms with Crippen LogP contribution in [0.5, 0.6) is 0 Å². The van der Waals surface area contributed by atoms with Gasteiger partial charge in [-0.25, -0.2) is 8.78 Å². The molecule has 0 aliphatic heterocycles. The van der Waals surface area contributed by atoms with Crippen LogP contribution in [0.3, 0.4) is 0 Å². The Bertz CT molecular complexity index is 107. The summed E-state index contributed by atoms with van der Waals surface area (Å²) in [5.41, 5.74) is 4.47. The highest BCUT2D eigenvalue weighted by atomic mass is 19.3. The van der Waals surface area contributed by atoms with E-state index in [2.05, 4.69) is 5.73 Å². The molecule has 0 bridgehead atoms. The highest BCUT2D eigenvalue weighted by Crippen LogP contribution is 2.25. The highest BCUT2D eigenvalue weighted by Gasteiger charge is 2.46. The number of alkyl halides is 4. The van der Waals surface area contributed by atoms with Crippen LogP contribution in [0.25, 0.3) is 0 Å². The van der Waals surface area contributed by atoms with Gasteiger partial charge in [0.2, 0.25) is 0 Å². The van der Waals surface area contributed by atoms with Crippen molar-refractivity contribution in [1.82, 2.24) is 0 Å². The maximum absolute atomic E-state index is 11.9. The summed E-state index contributed by atoms with van der Waals surface area (Å²) in [5, 5.41) is 7.98. The van der Waals surface area contributed by atoms with E-state index in [0.29, 0.717) is 0 Å². The largest absolute Gasteiger partial charge is 0.395 e. The van der Waals surface area contributed by atoms with Gasteiger partial charge in [-0.3, -0.25) is 0 Å². The number of nitrogens with two attached hydrogens (primary N) is 1. The van der Waals surface area contributed by atoms with Crippen molar-refractivity contribution in [1.29, 1.82) is 0 Å². The van der Waals surface area contributed by atoms with Gasteiger partial charge in [0.25, 0.3) is 0 Å². The summed E-state index contributed by atoms with van der Waals surface area (Å²) >= 11 is 0. The predicted molar refractivity (Wildman–Crippen MR) is 26.0 cm³/mol. The molecule has 0 aromatic carbocycles. The van der Waals surface area contributed by atoms with Gasteiger partial charge in [-0.1, -0.05) is 0 Å². The van der Waals surface area contributed by atoms with E-state index in [4.69, 9.17) is 5.11 Å². The molecule has 3 N–H and O–H groups in total. The summed E-state index contributed by atoms with van der Waals surface area (Å²) in [6.45, 7) is -1.16. The fourth-order valence-electron chi connectivity index (χ4n) is 0.284. The summed E-state index contributed by atoms with van der Waals surface area (Å²) in [5.74, 6) is -4.30. The van der Waals surface area contributed by atoms with Crippen LogP contribution in [0, 0.1) is 0 Å². The molecule has 0 fully saturated rings. The molecule has 2 nitrogen and oxygen atoms in total. The van der Waals surface area contributed by atoms with Gasteiger partial charge >= 0.3 is 12.3 Å². The Morgan fingerprint density at radius 3 is 1.90 bits per heavy atom. The molecule has 0 saturated heterocycles. The molecule has 0 aliphatic carbocycles. The van der Waals surface area contributed by atoms with Crippen molar-refractivity contribution in [2.24, 2.45) is 5.73 Å². The quantitative estimate of drug-likeness (QED) is 0.581. The summed E-state index contributed by atoms with van der Waals surface area (Å²) in [6, 6.07) is -2.19. The summed E-state index contributed by atoms with van der Waals surface area (Å²) in [6.07, 6.45) is -3.82. The van der Waals surface area contributed by atoms with E-state index in [1.165, 1.54) is 0 Å². The molecule has 0 unspecified atom stereocenters. The van der Waals surface area contributed by atoms with Crippen LogP contribution in [0.2, 0.25) is 0 Å². The standard InChI is InChI=1S/C4H7F4NO/c5-3(6)4(7,8)2(9)1-10/h2-3,10H,1,9H2/t2-/m1/s1. The van der Waals surface area contributed by atoms with E-state index >= 15 is 0 Å². The van der Waals surface area contributed by atoms with Crippen LogP contribution in [0.4, 0.5) is 17.6 Å². The van der Waals surface area contributed by atoms with Crippen LogP contribution in [0.1, 0.15) is 0 Å². The molecule has 62 valence electrons. The third-order valence-electron chi connectivity index (χ3n) is 0.982. The molecule has 0 radical (unpaired) electrons. The fraction of sp³-hybridized carbons (Fsp3) is 1.00. The third-order valence-corrected chi connectivity index (χ3v) is 0.982. The molecule has 1 atom stereocenters. The van der Waals surface area contributed by atoms with Crippen LogP contribution >= 0.6 is 0 Å². The van der Waals surface area contributed by atoms with Crippen LogP contribution in [-0.4, -0.2) is 30.1 Å². The first-order chi connectivity index (χ1) is 4.42. The monoisotopic (exact) mass is 161 g/mol. The van der Waals surface area contributed by atoms with E-state index in [-0.39, 0.29) is 0 Å². The Hall–Kier alpha value is -0.360. The van der Waals surface area contributed by atoms with Crippen molar-refractivity contribution in [3.63, 3.8) is 0 Å². The Morgan fingerprint density at radius 1 is 1.40 bits per heavy atom. The first kappa shape index (κ1) is 9.64. The molecule has 0 aliphatic rings. The molecule has 6 heteroatoms. The van der Waals surface area contributed by atoms with Crippen molar-refractivity contribution < 1.29 is 22.7 Å². The van der Waals surface area contributed by atoms with Gasteiger partial charge in [-0.2, -0.15) is 8.78 Å². The second kappa shape index (κ2) is 3.16. The second-order valence-electron chi connectivity index (χ2n) is 1.76. The second-order valence-corrected chi connectivity index (χ2v) is 1.76. The Balaban J connectivity index is 4.09. The number of aliphatic hydroxyl groups excluding tert-OH is 1. The Labute approximate surface area is 54.6 Å². The molecule has 0 aromatic rings. The average molecular weight is 161 g/mol. The topological polar surface area (TPSA) is 46.2 Å². The highest BCUT2D eigenvalue weighted by molar-refractivity contribution is 4.81. The Kier molecular flexibility index (Phi) is 3.04. The zero-order valence-electron chi connectivity index (χ0n) is 4.90. The summed E-state index contributed by atoms with van der Waals surface area (Å²) < 4.78 is 46.4. The SMILES string of the molecule is N[C@H](CO)C(F)(F)C(F)F. The van der Waals surface area contributed by atoms with Gasteiger partial charge in [0, 0.05) is 0 Å². The molecule has 0 spiro atoms. The van der Waals surface area contributed by atoms with E-state index in [1.54, 1.807) is 0 Å². The number of halogens is 4. The van der Waals surface area contributed by atoms with Crippen molar-refractivity contribution in [3.8, 4) is 0 Å². The molecule has 10 heavy (non-hydrogen) atoms. The zero-order chi connectivity index (χ0) is 8.36. The summed E-state index contributed by atoms with van der Waals surface area (Å²) in [7, 11) is 0.